The highest BCUT2D eigenvalue weighted by atomic mass is 35.5. The summed E-state index contributed by atoms with van der Waals surface area (Å²) in [6.45, 7) is 4.98. The fourth-order valence-electron chi connectivity index (χ4n) is 4.87. The van der Waals surface area contributed by atoms with Crippen LogP contribution >= 0.6 is 34.5 Å². The summed E-state index contributed by atoms with van der Waals surface area (Å²) in [6, 6.07) is 11.9. The van der Waals surface area contributed by atoms with Crippen molar-refractivity contribution in [3.05, 3.63) is 64.1 Å². The number of rotatable bonds is 6. The third kappa shape index (κ3) is 5.19. The van der Waals surface area contributed by atoms with E-state index < -0.39 is 10.0 Å². The molecule has 2 saturated heterocycles. The van der Waals surface area contributed by atoms with Gasteiger partial charge in [0.25, 0.3) is 10.0 Å². The SMILES string of the molecule is C[C@H]1CN([C@H]2CCN(c3ccc(S(=O)(=O)Nc4nccs4)cc3)C2=O)CCN1c1cc(Cl)cc(Cl)c1. The van der Waals surface area contributed by atoms with Gasteiger partial charge in [-0.2, -0.15) is 0 Å². The number of amides is 1. The van der Waals surface area contributed by atoms with Gasteiger partial charge >= 0.3 is 0 Å². The molecule has 36 heavy (non-hydrogen) atoms. The van der Waals surface area contributed by atoms with Gasteiger partial charge in [-0.15, -0.1) is 11.3 Å². The maximum atomic E-state index is 13.3. The number of nitrogens with one attached hydrogen (secondary N) is 1. The summed E-state index contributed by atoms with van der Waals surface area (Å²) < 4.78 is 27.7. The highest BCUT2D eigenvalue weighted by Crippen LogP contribution is 2.31. The molecule has 3 heterocycles. The lowest BCUT2D eigenvalue weighted by Gasteiger charge is -2.43. The molecule has 2 fully saturated rings. The monoisotopic (exact) mass is 565 g/mol. The van der Waals surface area contributed by atoms with Gasteiger partial charge in [0, 0.05) is 65.2 Å². The smallest absolute Gasteiger partial charge is 0.263 e. The highest BCUT2D eigenvalue weighted by Gasteiger charge is 2.39. The summed E-state index contributed by atoms with van der Waals surface area (Å²) in [6.07, 6.45) is 2.26. The van der Waals surface area contributed by atoms with E-state index in [0.717, 1.165) is 31.7 Å². The van der Waals surface area contributed by atoms with Gasteiger partial charge in [0.15, 0.2) is 5.13 Å². The molecule has 5 rings (SSSR count). The van der Waals surface area contributed by atoms with E-state index in [-0.39, 0.29) is 22.9 Å². The van der Waals surface area contributed by atoms with Crippen LogP contribution in [0.15, 0.2) is 58.9 Å². The number of hydrogen-bond acceptors (Lipinski definition) is 7. The van der Waals surface area contributed by atoms with Crippen LogP contribution in [0.2, 0.25) is 10.0 Å². The van der Waals surface area contributed by atoms with E-state index in [1.54, 1.807) is 28.5 Å². The molecule has 0 unspecified atom stereocenters. The first-order chi connectivity index (χ1) is 17.2. The van der Waals surface area contributed by atoms with Gasteiger partial charge in [0.2, 0.25) is 5.91 Å². The van der Waals surface area contributed by atoms with E-state index in [1.165, 1.54) is 29.7 Å². The maximum Gasteiger partial charge on any atom is 0.263 e. The second-order valence-electron chi connectivity index (χ2n) is 8.90. The van der Waals surface area contributed by atoms with Crippen molar-refractivity contribution in [3.8, 4) is 0 Å². The minimum atomic E-state index is -3.74. The summed E-state index contributed by atoms with van der Waals surface area (Å²) in [7, 11) is -3.74. The molecule has 1 amide bonds. The zero-order chi connectivity index (χ0) is 25.4. The van der Waals surface area contributed by atoms with Gasteiger partial charge in [-0.05, 0) is 55.8 Å². The summed E-state index contributed by atoms with van der Waals surface area (Å²) in [5.41, 5.74) is 1.68. The van der Waals surface area contributed by atoms with Crippen LogP contribution in [-0.2, 0) is 14.8 Å². The molecule has 2 atom stereocenters. The Hall–Kier alpha value is -2.37. The van der Waals surface area contributed by atoms with E-state index in [9.17, 15) is 13.2 Å². The van der Waals surface area contributed by atoms with Crippen molar-refractivity contribution in [3.63, 3.8) is 0 Å². The van der Waals surface area contributed by atoms with Crippen molar-refractivity contribution in [1.82, 2.24) is 9.88 Å². The largest absolute Gasteiger partial charge is 0.366 e. The van der Waals surface area contributed by atoms with Crippen LogP contribution in [0.3, 0.4) is 0 Å². The van der Waals surface area contributed by atoms with Crippen LogP contribution in [0.4, 0.5) is 16.5 Å². The van der Waals surface area contributed by atoms with Crippen LogP contribution in [0.5, 0.6) is 0 Å². The molecule has 1 aromatic heterocycles. The van der Waals surface area contributed by atoms with E-state index in [1.807, 2.05) is 12.1 Å². The van der Waals surface area contributed by atoms with E-state index in [0.29, 0.717) is 27.4 Å². The molecule has 3 aromatic rings. The Labute approximate surface area is 224 Å². The summed E-state index contributed by atoms with van der Waals surface area (Å²) in [5, 5.41) is 3.21. The first-order valence-electron chi connectivity index (χ1n) is 11.5. The fourth-order valence-corrected chi connectivity index (χ4v) is 7.17. The average Bonchev–Trinajstić information content (AvgIpc) is 3.47. The topological polar surface area (TPSA) is 85.9 Å². The number of hydrogen-bond donors (Lipinski definition) is 1. The second kappa shape index (κ2) is 10.2. The molecule has 12 heteroatoms. The van der Waals surface area contributed by atoms with Crippen molar-refractivity contribution < 1.29 is 13.2 Å². The van der Waals surface area contributed by atoms with Crippen LogP contribution in [0, 0.1) is 0 Å². The number of anilines is 3. The molecule has 2 aromatic carbocycles. The number of piperazine rings is 1. The van der Waals surface area contributed by atoms with Gasteiger partial charge < -0.3 is 9.80 Å². The fraction of sp³-hybridized carbons (Fsp3) is 0.333. The van der Waals surface area contributed by atoms with Crippen LogP contribution < -0.4 is 14.5 Å². The molecule has 0 spiro atoms. The predicted octanol–water partition coefficient (Wildman–Crippen LogP) is 4.57. The third-order valence-corrected chi connectivity index (χ3v) is 9.18. The van der Waals surface area contributed by atoms with Gasteiger partial charge in [-0.3, -0.25) is 14.4 Å². The molecule has 0 radical (unpaired) electrons. The maximum absolute atomic E-state index is 13.3. The molecule has 2 aliphatic heterocycles. The molecule has 190 valence electrons. The summed E-state index contributed by atoms with van der Waals surface area (Å²) in [5.74, 6) is 0.0398. The zero-order valence-electron chi connectivity index (χ0n) is 19.5. The van der Waals surface area contributed by atoms with E-state index in [4.69, 9.17) is 23.2 Å². The van der Waals surface area contributed by atoms with Crippen molar-refractivity contribution in [2.45, 2.75) is 30.3 Å². The highest BCUT2D eigenvalue weighted by molar-refractivity contribution is 7.93. The molecule has 8 nitrogen and oxygen atoms in total. The molecule has 0 aliphatic carbocycles. The predicted molar refractivity (Wildman–Crippen MR) is 145 cm³/mol. The lowest BCUT2D eigenvalue weighted by molar-refractivity contribution is -0.121. The van der Waals surface area contributed by atoms with E-state index >= 15 is 0 Å². The third-order valence-electron chi connectivity index (χ3n) is 6.57. The van der Waals surface area contributed by atoms with Gasteiger partial charge in [0.05, 0.1) is 10.9 Å². The minimum absolute atomic E-state index is 0.0398. The van der Waals surface area contributed by atoms with Crippen LogP contribution in [-0.4, -0.2) is 62.5 Å². The Morgan fingerprint density at radius 2 is 1.75 bits per heavy atom. The number of thiazole rings is 1. The Morgan fingerprint density at radius 3 is 2.39 bits per heavy atom. The normalized spacial score (nSPS) is 21.2. The summed E-state index contributed by atoms with van der Waals surface area (Å²) in [4.78, 5) is 23.7. The number of halogens is 2. The summed E-state index contributed by atoms with van der Waals surface area (Å²) >= 11 is 13.6. The number of carbonyl (C=O) groups excluding carboxylic acids is 1. The van der Waals surface area contributed by atoms with Gasteiger partial charge in [0.1, 0.15) is 0 Å². The van der Waals surface area contributed by atoms with Crippen molar-refractivity contribution in [2.75, 3.05) is 40.7 Å². The number of carbonyl (C=O) groups is 1. The van der Waals surface area contributed by atoms with Crippen LogP contribution in [0.1, 0.15) is 13.3 Å². The van der Waals surface area contributed by atoms with Gasteiger partial charge in [-0.25, -0.2) is 13.4 Å². The lowest BCUT2D eigenvalue weighted by atomic mass is 10.1. The number of nitrogens with zero attached hydrogens (tertiary/aromatic N) is 4. The Balaban J connectivity index is 1.24. The van der Waals surface area contributed by atoms with Crippen molar-refractivity contribution >= 4 is 67.0 Å². The lowest BCUT2D eigenvalue weighted by Crippen LogP contribution is -2.56. The average molecular weight is 567 g/mol. The molecule has 2 aliphatic rings. The number of benzene rings is 2. The quantitative estimate of drug-likeness (QED) is 0.471. The molecular weight excluding hydrogens is 541 g/mol. The first kappa shape index (κ1) is 25.3. The Morgan fingerprint density at radius 1 is 1.03 bits per heavy atom. The molecule has 0 bridgehead atoms. The number of sulfonamides is 1. The Bertz CT molecular complexity index is 1330. The van der Waals surface area contributed by atoms with Gasteiger partial charge in [-0.1, -0.05) is 23.2 Å². The minimum Gasteiger partial charge on any atom is -0.366 e. The van der Waals surface area contributed by atoms with Crippen molar-refractivity contribution in [2.24, 2.45) is 0 Å². The molecule has 0 saturated carbocycles. The van der Waals surface area contributed by atoms with E-state index in [2.05, 4.69) is 26.4 Å². The first-order valence-corrected chi connectivity index (χ1v) is 14.6. The second-order valence-corrected chi connectivity index (χ2v) is 12.3. The molecule has 1 N–H and O–H groups in total. The molecular formula is C24H25Cl2N5O3S2. The van der Waals surface area contributed by atoms with Crippen LogP contribution in [0.25, 0.3) is 0 Å². The zero-order valence-corrected chi connectivity index (χ0v) is 22.6. The number of aromatic nitrogens is 1. The Kier molecular flexibility index (Phi) is 7.15. The standard InChI is InChI=1S/C24H25Cl2N5O3S2/c1-16-15-29(9-10-30(16)20-13-17(25)12-18(26)14-20)22-6-8-31(23(22)32)19-2-4-21(5-3-19)36(33,34)28-24-27-7-11-35-24/h2-5,7,11-14,16,22H,6,8-10,15H2,1H3,(H,27,28)/t16-,22-/m0/s1. The van der Waals surface area contributed by atoms with Crippen molar-refractivity contribution in [1.29, 1.82) is 0 Å².